The smallest absolute Gasteiger partial charge is 0.236 e. The van der Waals surface area contributed by atoms with E-state index in [0.717, 1.165) is 14.4 Å². The molecule has 0 unspecified atom stereocenters. The van der Waals surface area contributed by atoms with Crippen molar-refractivity contribution in [3.05, 3.63) is 20.8 Å². The highest BCUT2D eigenvalue weighted by Gasteiger charge is 2.00. The zero-order valence-electron chi connectivity index (χ0n) is 7.30. The number of hydrogen-bond donors (Lipinski definition) is 1. The molecule has 0 spiro atoms. The van der Waals surface area contributed by atoms with Gasteiger partial charge in [0.15, 0.2) is 0 Å². The SMILES string of the molecule is CC(=O)NN=C(C)c1ccc(Br)s1. The van der Waals surface area contributed by atoms with E-state index in [1.807, 2.05) is 19.1 Å². The molecule has 0 radical (unpaired) electrons. The first-order chi connectivity index (χ1) is 6.09. The molecule has 0 aliphatic carbocycles. The Labute approximate surface area is 89.0 Å². The van der Waals surface area contributed by atoms with Crippen LogP contribution in [0.25, 0.3) is 0 Å². The van der Waals surface area contributed by atoms with Gasteiger partial charge >= 0.3 is 0 Å². The van der Waals surface area contributed by atoms with Gasteiger partial charge in [0, 0.05) is 6.92 Å². The monoisotopic (exact) mass is 260 g/mol. The third-order valence-corrected chi connectivity index (χ3v) is 3.04. The van der Waals surface area contributed by atoms with Crippen LogP contribution in [-0.4, -0.2) is 11.6 Å². The molecule has 1 N–H and O–H groups in total. The van der Waals surface area contributed by atoms with Crippen LogP contribution in [0, 0.1) is 0 Å². The molecule has 0 saturated heterocycles. The van der Waals surface area contributed by atoms with Crippen LogP contribution >= 0.6 is 27.3 Å². The molecule has 0 atom stereocenters. The summed E-state index contributed by atoms with van der Waals surface area (Å²) in [6.07, 6.45) is 0. The number of carbonyl (C=O) groups excluding carboxylic acids is 1. The lowest BCUT2D eigenvalue weighted by Gasteiger charge is -1.95. The van der Waals surface area contributed by atoms with Gasteiger partial charge in [0.1, 0.15) is 0 Å². The highest BCUT2D eigenvalue weighted by molar-refractivity contribution is 9.11. The Morgan fingerprint density at radius 2 is 2.23 bits per heavy atom. The number of amides is 1. The normalized spacial score (nSPS) is 11.5. The van der Waals surface area contributed by atoms with Gasteiger partial charge in [0.2, 0.25) is 5.91 Å². The number of hydrazone groups is 1. The van der Waals surface area contributed by atoms with Crippen LogP contribution in [0.1, 0.15) is 18.7 Å². The van der Waals surface area contributed by atoms with Crippen LogP contribution in [0.4, 0.5) is 0 Å². The summed E-state index contributed by atoms with van der Waals surface area (Å²) in [4.78, 5) is 11.6. The lowest BCUT2D eigenvalue weighted by atomic mass is 10.3. The van der Waals surface area contributed by atoms with E-state index in [2.05, 4.69) is 26.5 Å². The van der Waals surface area contributed by atoms with Crippen LogP contribution in [-0.2, 0) is 4.79 Å². The fourth-order valence-corrected chi connectivity index (χ4v) is 2.06. The Hall–Kier alpha value is -0.680. The lowest BCUT2D eigenvalue weighted by molar-refractivity contribution is -0.118. The van der Waals surface area contributed by atoms with E-state index < -0.39 is 0 Å². The summed E-state index contributed by atoms with van der Waals surface area (Å²) in [6, 6.07) is 3.90. The molecule has 1 rings (SSSR count). The second kappa shape index (κ2) is 4.53. The Morgan fingerprint density at radius 1 is 1.54 bits per heavy atom. The Morgan fingerprint density at radius 3 is 2.69 bits per heavy atom. The molecule has 0 fully saturated rings. The molecule has 0 aromatic carbocycles. The van der Waals surface area contributed by atoms with Gasteiger partial charge in [-0.15, -0.1) is 11.3 Å². The summed E-state index contributed by atoms with van der Waals surface area (Å²) in [5, 5.41) is 3.91. The molecule has 0 bridgehead atoms. The second-order valence-corrected chi connectivity index (χ2v) is 4.93. The summed E-state index contributed by atoms with van der Waals surface area (Å²) < 4.78 is 1.06. The maximum absolute atomic E-state index is 10.6. The van der Waals surface area contributed by atoms with Crippen molar-refractivity contribution in [3.8, 4) is 0 Å². The quantitative estimate of drug-likeness (QED) is 0.644. The standard InChI is InChI=1S/C8H9BrN2OS/c1-5(10-11-6(2)12)7-3-4-8(9)13-7/h3-4H,1-2H3,(H,11,12). The largest absolute Gasteiger partial charge is 0.274 e. The van der Waals surface area contributed by atoms with Crippen LogP contribution in [0.2, 0.25) is 0 Å². The number of nitrogens with zero attached hydrogens (tertiary/aromatic N) is 1. The molecule has 1 aromatic heterocycles. The Balaban J connectivity index is 2.72. The van der Waals surface area contributed by atoms with Gasteiger partial charge in [-0.05, 0) is 35.0 Å². The lowest BCUT2D eigenvalue weighted by Crippen LogP contribution is -2.14. The van der Waals surface area contributed by atoms with Gasteiger partial charge in [-0.2, -0.15) is 5.10 Å². The van der Waals surface area contributed by atoms with Crippen molar-refractivity contribution in [3.63, 3.8) is 0 Å². The molecular formula is C8H9BrN2OS. The first kappa shape index (κ1) is 10.4. The minimum Gasteiger partial charge on any atom is -0.274 e. The molecule has 1 aromatic rings. The third-order valence-electron chi connectivity index (χ3n) is 1.31. The summed E-state index contributed by atoms with van der Waals surface area (Å²) in [5.74, 6) is -0.157. The van der Waals surface area contributed by atoms with Crippen LogP contribution in [0.3, 0.4) is 0 Å². The number of halogens is 1. The highest BCUT2D eigenvalue weighted by Crippen LogP contribution is 2.22. The van der Waals surface area contributed by atoms with Gasteiger partial charge < -0.3 is 0 Å². The van der Waals surface area contributed by atoms with Gasteiger partial charge in [-0.3, -0.25) is 4.79 Å². The maximum Gasteiger partial charge on any atom is 0.236 e. The van der Waals surface area contributed by atoms with Gasteiger partial charge in [0.25, 0.3) is 0 Å². The van der Waals surface area contributed by atoms with Crippen molar-refractivity contribution in [2.45, 2.75) is 13.8 Å². The van der Waals surface area contributed by atoms with E-state index in [4.69, 9.17) is 0 Å². The molecule has 1 amide bonds. The Kier molecular flexibility index (Phi) is 3.62. The zero-order valence-corrected chi connectivity index (χ0v) is 9.70. The van der Waals surface area contributed by atoms with Crippen molar-refractivity contribution < 1.29 is 4.79 Å². The van der Waals surface area contributed by atoms with Gasteiger partial charge in [0.05, 0.1) is 14.4 Å². The van der Waals surface area contributed by atoms with E-state index in [1.165, 1.54) is 6.92 Å². The minimum atomic E-state index is -0.157. The van der Waals surface area contributed by atoms with E-state index in [0.29, 0.717) is 0 Å². The summed E-state index contributed by atoms with van der Waals surface area (Å²) in [5.41, 5.74) is 3.20. The minimum absolute atomic E-state index is 0.157. The maximum atomic E-state index is 10.6. The second-order valence-electron chi connectivity index (χ2n) is 2.47. The predicted molar refractivity (Wildman–Crippen MR) is 58.0 cm³/mol. The Bertz CT molecular complexity index is 346. The van der Waals surface area contributed by atoms with E-state index >= 15 is 0 Å². The fourth-order valence-electron chi connectivity index (χ4n) is 0.726. The predicted octanol–water partition coefficient (Wildman–Crippen LogP) is 2.37. The molecule has 0 aliphatic rings. The van der Waals surface area contributed by atoms with Gasteiger partial charge in [-0.1, -0.05) is 0 Å². The third kappa shape index (κ3) is 3.28. The van der Waals surface area contributed by atoms with Crippen molar-refractivity contribution >= 4 is 38.9 Å². The van der Waals surface area contributed by atoms with Crippen LogP contribution in [0.15, 0.2) is 21.0 Å². The summed E-state index contributed by atoms with van der Waals surface area (Å²) >= 11 is 4.94. The molecular weight excluding hydrogens is 252 g/mol. The molecule has 0 saturated carbocycles. The summed E-state index contributed by atoms with van der Waals surface area (Å²) in [6.45, 7) is 3.29. The number of hydrogen-bond acceptors (Lipinski definition) is 3. The van der Waals surface area contributed by atoms with Crippen molar-refractivity contribution in [1.82, 2.24) is 5.43 Å². The van der Waals surface area contributed by atoms with Crippen molar-refractivity contribution in [2.24, 2.45) is 5.10 Å². The summed E-state index contributed by atoms with van der Waals surface area (Å²) in [7, 11) is 0. The number of nitrogens with one attached hydrogen (secondary N) is 1. The van der Waals surface area contributed by atoms with Crippen molar-refractivity contribution in [1.29, 1.82) is 0 Å². The molecule has 13 heavy (non-hydrogen) atoms. The molecule has 0 aliphatic heterocycles. The van der Waals surface area contributed by atoms with E-state index in [9.17, 15) is 4.79 Å². The van der Waals surface area contributed by atoms with Crippen LogP contribution in [0.5, 0.6) is 0 Å². The van der Waals surface area contributed by atoms with Crippen molar-refractivity contribution in [2.75, 3.05) is 0 Å². The number of rotatable bonds is 2. The molecule has 70 valence electrons. The van der Waals surface area contributed by atoms with E-state index in [1.54, 1.807) is 11.3 Å². The first-order valence-corrected chi connectivity index (χ1v) is 5.27. The fraction of sp³-hybridized carbons (Fsp3) is 0.250. The van der Waals surface area contributed by atoms with Gasteiger partial charge in [-0.25, -0.2) is 5.43 Å². The first-order valence-electron chi connectivity index (χ1n) is 3.66. The van der Waals surface area contributed by atoms with E-state index in [-0.39, 0.29) is 5.91 Å². The zero-order chi connectivity index (χ0) is 9.84. The average molecular weight is 261 g/mol. The molecule has 5 heteroatoms. The topological polar surface area (TPSA) is 41.5 Å². The van der Waals surface area contributed by atoms with Crippen LogP contribution < -0.4 is 5.43 Å². The molecule has 3 nitrogen and oxygen atoms in total. The average Bonchev–Trinajstić information content (AvgIpc) is 2.47. The molecule has 1 heterocycles. The highest BCUT2D eigenvalue weighted by atomic mass is 79.9. The number of carbonyl (C=O) groups is 1. The number of thiophene rings is 1.